The molecule has 8 heteroatoms. The van der Waals surface area contributed by atoms with Crippen molar-refractivity contribution in [1.29, 1.82) is 0 Å². The predicted octanol–water partition coefficient (Wildman–Crippen LogP) is 3.39. The summed E-state index contributed by atoms with van der Waals surface area (Å²) in [5.41, 5.74) is 4.40. The zero-order chi connectivity index (χ0) is 20.6. The standard InChI is InChI=1S/C22H32N6O.HI/c1-17-15-18(2)28(26-17)14-6-12-24-22(23-3)25-16-19-8-10-20(11-9-19)27-13-5-4-7-21(27)29;/h8-11,15H,4-7,12-14,16H2,1-3H3,(H2,23,24,25);1H. The summed E-state index contributed by atoms with van der Waals surface area (Å²) in [4.78, 5) is 18.2. The minimum absolute atomic E-state index is 0. The average Bonchev–Trinajstić information content (AvgIpc) is 3.05. The van der Waals surface area contributed by atoms with Crippen molar-refractivity contribution >= 4 is 41.5 Å². The summed E-state index contributed by atoms with van der Waals surface area (Å²) in [6, 6.07) is 10.3. The minimum atomic E-state index is 0. The number of aliphatic imine (C=N–C) groups is 1. The van der Waals surface area contributed by atoms with Crippen LogP contribution in [0.15, 0.2) is 35.3 Å². The van der Waals surface area contributed by atoms with Gasteiger partial charge in [0.1, 0.15) is 0 Å². The number of aromatic nitrogens is 2. The number of amides is 1. The van der Waals surface area contributed by atoms with Crippen molar-refractivity contribution in [3.8, 4) is 0 Å². The SMILES string of the molecule is CN=C(NCCCn1nc(C)cc1C)NCc1ccc(N2CCCCC2=O)cc1.I. The molecule has 1 aliphatic heterocycles. The fourth-order valence-corrected chi connectivity index (χ4v) is 3.62. The van der Waals surface area contributed by atoms with E-state index in [2.05, 4.69) is 45.8 Å². The Kier molecular flexibility index (Phi) is 9.61. The first kappa shape index (κ1) is 24.2. The Labute approximate surface area is 196 Å². The van der Waals surface area contributed by atoms with E-state index >= 15 is 0 Å². The van der Waals surface area contributed by atoms with E-state index in [0.29, 0.717) is 13.0 Å². The number of piperidine rings is 1. The molecule has 2 heterocycles. The molecule has 0 atom stereocenters. The van der Waals surface area contributed by atoms with Gasteiger partial charge in [-0.2, -0.15) is 5.10 Å². The van der Waals surface area contributed by atoms with Gasteiger partial charge in [0.2, 0.25) is 5.91 Å². The van der Waals surface area contributed by atoms with E-state index in [9.17, 15) is 4.79 Å². The Hall–Kier alpha value is -2.10. The fraction of sp³-hybridized carbons (Fsp3) is 0.500. The Bertz CT molecular complexity index is 846. The van der Waals surface area contributed by atoms with Crippen molar-refractivity contribution in [2.45, 2.75) is 52.6 Å². The maximum absolute atomic E-state index is 12.1. The van der Waals surface area contributed by atoms with Crippen LogP contribution in [0.1, 0.15) is 42.6 Å². The Morgan fingerprint density at radius 3 is 2.57 bits per heavy atom. The van der Waals surface area contributed by atoms with Gasteiger partial charge >= 0.3 is 0 Å². The van der Waals surface area contributed by atoms with Gasteiger partial charge in [0.15, 0.2) is 5.96 Å². The van der Waals surface area contributed by atoms with Crippen molar-refractivity contribution in [3.63, 3.8) is 0 Å². The first-order valence-corrected chi connectivity index (χ1v) is 10.4. The van der Waals surface area contributed by atoms with Gasteiger partial charge in [0.05, 0.1) is 5.69 Å². The second-order valence-electron chi connectivity index (χ2n) is 7.53. The number of hydrogen-bond donors (Lipinski definition) is 2. The third kappa shape index (κ3) is 6.72. The first-order chi connectivity index (χ1) is 14.1. The molecule has 0 aliphatic carbocycles. The maximum Gasteiger partial charge on any atom is 0.226 e. The van der Waals surface area contributed by atoms with Crippen LogP contribution in [0.3, 0.4) is 0 Å². The molecule has 2 N–H and O–H groups in total. The Morgan fingerprint density at radius 2 is 1.93 bits per heavy atom. The lowest BCUT2D eigenvalue weighted by molar-refractivity contribution is -0.119. The number of nitrogens with zero attached hydrogens (tertiary/aromatic N) is 4. The largest absolute Gasteiger partial charge is 0.356 e. The highest BCUT2D eigenvalue weighted by atomic mass is 127. The van der Waals surface area contributed by atoms with Crippen LogP contribution in [-0.4, -0.2) is 41.8 Å². The topological polar surface area (TPSA) is 74.6 Å². The molecule has 1 aromatic heterocycles. The van der Waals surface area contributed by atoms with E-state index in [-0.39, 0.29) is 29.9 Å². The first-order valence-electron chi connectivity index (χ1n) is 10.4. The summed E-state index contributed by atoms with van der Waals surface area (Å²) in [6.45, 7) is 7.33. The smallest absolute Gasteiger partial charge is 0.226 e. The van der Waals surface area contributed by atoms with Gasteiger partial charge in [-0.3, -0.25) is 14.5 Å². The second kappa shape index (κ2) is 11.9. The third-order valence-electron chi connectivity index (χ3n) is 5.20. The number of rotatable bonds is 7. The van der Waals surface area contributed by atoms with Gasteiger partial charge in [-0.25, -0.2) is 0 Å². The molecule has 30 heavy (non-hydrogen) atoms. The monoisotopic (exact) mass is 524 g/mol. The zero-order valence-electron chi connectivity index (χ0n) is 18.1. The van der Waals surface area contributed by atoms with Crippen molar-refractivity contribution < 1.29 is 4.79 Å². The van der Waals surface area contributed by atoms with Crippen LogP contribution < -0.4 is 15.5 Å². The lowest BCUT2D eigenvalue weighted by Crippen LogP contribution is -2.37. The van der Waals surface area contributed by atoms with Crippen LogP contribution in [0, 0.1) is 13.8 Å². The molecule has 1 fully saturated rings. The van der Waals surface area contributed by atoms with Crippen LogP contribution in [0.2, 0.25) is 0 Å². The molecule has 1 saturated heterocycles. The number of aryl methyl sites for hydroxylation is 3. The van der Waals surface area contributed by atoms with Crippen LogP contribution in [0.25, 0.3) is 0 Å². The number of carbonyl (C=O) groups is 1. The molecule has 2 aromatic rings. The lowest BCUT2D eigenvalue weighted by atomic mass is 10.1. The normalized spacial score (nSPS) is 14.4. The van der Waals surface area contributed by atoms with Gasteiger partial charge in [0, 0.05) is 51.0 Å². The van der Waals surface area contributed by atoms with Crippen LogP contribution in [-0.2, 0) is 17.9 Å². The summed E-state index contributed by atoms with van der Waals surface area (Å²) < 4.78 is 2.04. The average molecular weight is 524 g/mol. The highest BCUT2D eigenvalue weighted by molar-refractivity contribution is 14.0. The maximum atomic E-state index is 12.1. The quantitative estimate of drug-likeness (QED) is 0.252. The molecule has 0 saturated carbocycles. The second-order valence-corrected chi connectivity index (χ2v) is 7.53. The van der Waals surface area contributed by atoms with Gasteiger partial charge < -0.3 is 15.5 Å². The molecule has 1 aromatic carbocycles. The highest BCUT2D eigenvalue weighted by Gasteiger charge is 2.19. The van der Waals surface area contributed by atoms with E-state index in [4.69, 9.17) is 0 Å². The van der Waals surface area contributed by atoms with Gasteiger partial charge in [-0.05, 0) is 56.9 Å². The zero-order valence-corrected chi connectivity index (χ0v) is 20.5. The number of carbonyl (C=O) groups excluding carboxylic acids is 1. The number of nitrogens with one attached hydrogen (secondary N) is 2. The number of anilines is 1. The summed E-state index contributed by atoms with van der Waals surface area (Å²) in [5, 5.41) is 11.2. The van der Waals surface area contributed by atoms with Crippen LogP contribution >= 0.6 is 24.0 Å². The van der Waals surface area contributed by atoms with Crippen molar-refractivity contribution in [2.24, 2.45) is 4.99 Å². The van der Waals surface area contributed by atoms with Crippen LogP contribution in [0.5, 0.6) is 0 Å². The Morgan fingerprint density at radius 1 is 1.17 bits per heavy atom. The van der Waals surface area contributed by atoms with E-state index in [1.807, 2.05) is 28.6 Å². The van der Waals surface area contributed by atoms with Gasteiger partial charge in [-0.1, -0.05) is 12.1 Å². The van der Waals surface area contributed by atoms with E-state index in [1.54, 1.807) is 7.05 Å². The summed E-state index contributed by atoms with van der Waals surface area (Å²) in [7, 11) is 1.78. The molecule has 3 rings (SSSR count). The molecular formula is C22H33IN6O. The van der Waals surface area contributed by atoms with E-state index in [0.717, 1.165) is 61.8 Å². The molecular weight excluding hydrogens is 491 g/mol. The molecule has 164 valence electrons. The molecule has 1 amide bonds. The van der Waals surface area contributed by atoms with Gasteiger partial charge in [-0.15, -0.1) is 24.0 Å². The summed E-state index contributed by atoms with van der Waals surface area (Å²) >= 11 is 0. The minimum Gasteiger partial charge on any atom is -0.356 e. The fourth-order valence-electron chi connectivity index (χ4n) is 3.62. The number of halogens is 1. The predicted molar refractivity (Wildman–Crippen MR) is 133 cm³/mol. The molecule has 0 bridgehead atoms. The molecule has 0 radical (unpaired) electrons. The van der Waals surface area contributed by atoms with E-state index in [1.165, 1.54) is 5.69 Å². The van der Waals surface area contributed by atoms with Crippen molar-refractivity contribution in [2.75, 3.05) is 25.0 Å². The molecule has 7 nitrogen and oxygen atoms in total. The molecule has 0 unspecified atom stereocenters. The lowest BCUT2D eigenvalue weighted by Gasteiger charge is -2.26. The van der Waals surface area contributed by atoms with Crippen molar-refractivity contribution in [1.82, 2.24) is 20.4 Å². The Balaban J connectivity index is 0.00000320. The third-order valence-corrected chi connectivity index (χ3v) is 5.20. The summed E-state index contributed by atoms with van der Waals surface area (Å²) in [6.07, 6.45) is 3.72. The summed E-state index contributed by atoms with van der Waals surface area (Å²) in [5.74, 6) is 1.01. The van der Waals surface area contributed by atoms with E-state index < -0.39 is 0 Å². The van der Waals surface area contributed by atoms with Gasteiger partial charge in [0.25, 0.3) is 0 Å². The highest BCUT2D eigenvalue weighted by Crippen LogP contribution is 2.21. The number of benzene rings is 1. The number of hydrogen-bond acceptors (Lipinski definition) is 3. The van der Waals surface area contributed by atoms with Crippen LogP contribution in [0.4, 0.5) is 5.69 Å². The molecule has 0 spiro atoms. The number of guanidine groups is 1. The van der Waals surface area contributed by atoms with Crippen molar-refractivity contribution in [3.05, 3.63) is 47.3 Å². The molecule has 1 aliphatic rings.